The summed E-state index contributed by atoms with van der Waals surface area (Å²) in [5.74, 6) is -1.70. The van der Waals surface area contributed by atoms with Gasteiger partial charge in [-0.1, -0.05) is 29.6 Å². The lowest BCUT2D eigenvalue weighted by molar-refractivity contribution is -0.133. The number of amides is 3. The lowest BCUT2D eigenvalue weighted by Gasteiger charge is -2.29. The minimum Gasteiger partial charge on any atom is -0.389 e. The standard InChI is InChI=1S/C25H28Cl2N4O5/c26-14-7-17(27)16-9-20(29-18(16)8-14)25(36)31-10-13-2-1-3-15(13)22(31)24(35)30-19(21(33)11-32)6-12-4-5-28-23(12)34/h7-9,12-13,15,19,22,29,32H,1-6,10-11H2,(H,28,34)(H,30,35). The molecule has 0 radical (unpaired) electrons. The highest BCUT2D eigenvalue weighted by Gasteiger charge is 2.50. The Hall–Kier alpha value is -2.62. The van der Waals surface area contributed by atoms with Crippen molar-refractivity contribution >= 4 is 57.6 Å². The van der Waals surface area contributed by atoms with E-state index in [9.17, 15) is 24.3 Å². The molecule has 0 bridgehead atoms. The molecular formula is C25H28Cl2N4O5. The van der Waals surface area contributed by atoms with E-state index in [1.807, 2.05) is 0 Å². The molecule has 1 aromatic heterocycles. The molecule has 3 aliphatic rings. The Balaban J connectivity index is 1.40. The number of hydrogen-bond donors (Lipinski definition) is 4. The number of rotatable bonds is 7. The molecule has 2 aliphatic heterocycles. The Labute approximate surface area is 217 Å². The van der Waals surface area contributed by atoms with Crippen LogP contribution >= 0.6 is 23.2 Å². The number of H-pyrrole nitrogens is 1. The highest BCUT2D eigenvalue weighted by molar-refractivity contribution is 6.38. The first-order valence-corrected chi connectivity index (χ1v) is 13.0. The van der Waals surface area contributed by atoms with Crippen molar-refractivity contribution in [2.24, 2.45) is 17.8 Å². The molecule has 4 N–H and O–H groups in total. The zero-order valence-electron chi connectivity index (χ0n) is 19.6. The molecule has 1 aromatic carbocycles. The van der Waals surface area contributed by atoms with Gasteiger partial charge in [0.15, 0.2) is 5.78 Å². The van der Waals surface area contributed by atoms with Crippen molar-refractivity contribution in [1.82, 2.24) is 20.5 Å². The molecule has 11 heteroatoms. The summed E-state index contributed by atoms with van der Waals surface area (Å²) >= 11 is 12.4. The minimum atomic E-state index is -0.997. The monoisotopic (exact) mass is 534 g/mol. The number of aromatic amines is 1. The summed E-state index contributed by atoms with van der Waals surface area (Å²) in [6.07, 6.45) is 3.39. The fraction of sp³-hybridized carbons (Fsp3) is 0.520. The molecule has 5 atom stereocenters. The van der Waals surface area contributed by atoms with Gasteiger partial charge in [-0.3, -0.25) is 19.2 Å². The molecule has 3 fully saturated rings. The molecule has 9 nitrogen and oxygen atoms in total. The number of fused-ring (bicyclic) bond motifs is 2. The van der Waals surface area contributed by atoms with Gasteiger partial charge in [-0.2, -0.15) is 0 Å². The first kappa shape index (κ1) is 25.0. The maximum Gasteiger partial charge on any atom is 0.271 e. The number of Topliss-reactive ketones (excluding diaryl/α,β-unsaturated/α-hetero) is 1. The maximum atomic E-state index is 13.6. The normalized spacial score (nSPS) is 26.2. The molecular weight excluding hydrogens is 507 g/mol. The van der Waals surface area contributed by atoms with E-state index in [2.05, 4.69) is 15.6 Å². The van der Waals surface area contributed by atoms with E-state index in [4.69, 9.17) is 23.2 Å². The summed E-state index contributed by atoms with van der Waals surface area (Å²) in [6.45, 7) is 0.220. The summed E-state index contributed by atoms with van der Waals surface area (Å²) in [5.41, 5.74) is 0.928. The minimum absolute atomic E-state index is 0.0176. The Kier molecular flexibility index (Phi) is 6.98. The number of halogens is 2. The predicted octanol–water partition coefficient (Wildman–Crippen LogP) is 2.29. The van der Waals surface area contributed by atoms with Gasteiger partial charge in [0, 0.05) is 34.9 Å². The maximum absolute atomic E-state index is 13.6. The number of ketones is 1. The third-order valence-corrected chi connectivity index (χ3v) is 8.38. The van der Waals surface area contributed by atoms with Crippen LogP contribution in [0, 0.1) is 17.8 Å². The summed E-state index contributed by atoms with van der Waals surface area (Å²) in [7, 11) is 0. The zero-order chi connectivity index (χ0) is 25.6. The van der Waals surface area contributed by atoms with Crippen molar-refractivity contribution in [3.05, 3.63) is 33.9 Å². The van der Waals surface area contributed by atoms with Crippen molar-refractivity contribution in [3.63, 3.8) is 0 Å². The number of benzene rings is 1. The molecule has 1 aliphatic carbocycles. The Morgan fingerprint density at radius 2 is 1.97 bits per heavy atom. The summed E-state index contributed by atoms with van der Waals surface area (Å²) < 4.78 is 0. The van der Waals surface area contributed by atoms with Crippen LogP contribution in [0.25, 0.3) is 10.9 Å². The fourth-order valence-corrected chi connectivity index (χ4v) is 6.62. The number of nitrogens with one attached hydrogen (secondary N) is 3. The third-order valence-electron chi connectivity index (χ3n) is 7.85. The second-order valence-corrected chi connectivity index (χ2v) is 10.8. The largest absolute Gasteiger partial charge is 0.389 e. The van der Waals surface area contributed by atoms with Gasteiger partial charge in [0.1, 0.15) is 18.3 Å². The molecule has 5 rings (SSSR count). The van der Waals surface area contributed by atoms with Gasteiger partial charge in [0.25, 0.3) is 5.91 Å². The van der Waals surface area contributed by atoms with Crippen molar-refractivity contribution < 1.29 is 24.3 Å². The number of hydrogen-bond acceptors (Lipinski definition) is 5. The molecule has 3 amide bonds. The lowest BCUT2D eigenvalue weighted by Crippen LogP contribution is -2.53. The highest BCUT2D eigenvalue weighted by Crippen LogP contribution is 2.43. The third kappa shape index (κ3) is 4.60. The molecule has 3 heterocycles. The SMILES string of the molecule is O=C1NCCC1CC(NC(=O)C1C2CCCC2CN1C(=O)c1cc2c(Cl)cc(Cl)cc2[nH]1)C(=O)CO. The Bertz CT molecular complexity index is 1230. The second-order valence-electron chi connectivity index (χ2n) is 9.99. The van der Waals surface area contributed by atoms with E-state index in [1.54, 1.807) is 23.1 Å². The molecule has 1 saturated carbocycles. The van der Waals surface area contributed by atoms with Gasteiger partial charge < -0.3 is 25.6 Å². The molecule has 2 aromatic rings. The van der Waals surface area contributed by atoms with Gasteiger partial charge in [-0.05, 0) is 55.7 Å². The van der Waals surface area contributed by atoms with Gasteiger partial charge in [-0.25, -0.2) is 0 Å². The molecule has 192 valence electrons. The predicted molar refractivity (Wildman–Crippen MR) is 134 cm³/mol. The van der Waals surface area contributed by atoms with Gasteiger partial charge in [0.05, 0.1) is 11.1 Å². The summed E-state index contributed by atoms with van der Waals surface area (Å²) in [5, 5.41) is 16.5. The van der Waals surface area contributed by atoms with Crippen LogP contribution in [0.3, 0.4) is 0 Å². The van der Waals surface area contributed by atoms with Gasteiger partial charge in [0.2, 0.25) is 11.8 Å². The zero-order valence-corrected chi connectivity index (χ0v) is 21.1. The van der Waals surface area contributed by atoms with Crippen LogP contribution < -0.4 is 10.6 Å². The number of carbonyl (C=O) groups excluding carboxylic acids is 4. The van der Waals surface area contributed by atoms with E-state index in [0.29, 0.717) is 46.2 Å². The Morgan fingerprint density at radius 3 is 2.69 bits per heavy atom. The molecule has 0 spiro atoms. The molecule has 36 heavy (non-hydrogen) atoms. The van der Waals surface area contributed by atoms with E-state index in [-0.39, 0.29) is 30.1 Å². The van der Waals surface area contributed by atoms with Crippen LogP contribution in [0.15, 0.2) is 18.2 Å². The van der Waals surface area contributed by atoms with Crippen molar-refractivity contribution in [2.45, 2.75) is 44.2 Å². The van der Waals surface area contributed by atoms with Crippen LogP contribution in [0.1, 0.15) is 42.6 Å². The average molecular weight is 535 g/mol. The lowest BCUT2D eigenvalue weighted by atomic mass is 9.92. The van der Waals surface area contributed by atoms with Crippen LogP contribution in [0.4, 0.5) is 0 Å². The van der Waals surface area contributed by atoms with Crippen LogP contribution in [-0.2, 0) is 14.4 Å². The number of aliphatic hydroxyl groups is 1. The topological polar surface area (TPSA) is 132 Å². The first-order valence-electron chi connectivity index (χ1n) is 12.3. The number of nitrogens with zero attached hydrogens (tertiary/aromatic N) is 1. The number of carbonyl (C=O) groups is 4. The Morgan fingerprint density at radius 1 is 1.17 bits per heavy atom. The van der Waals surface area contributed by atoms with Crippen molar-refractivity contribution in [1.29, 1.82) is 0 Å². The van der Waals surface area contributed by atoms with Crippen LogP contribution in [-0.4, -0.2) is 70.3 Å². The highest BCUT2D eigenvalue weighted by atomic mass is 35.5. The van der Waals surface area contributed by atoms with Crippen molar-refractivity contribution in [2.75, 3.05) is 19.7 Å². The van der Waals surface area contributed by atoms with E-state index >= 15 is 0 Å². The smallest absolute Gasteiger partial charge is 0.271 e. The van der Waals surface area contributed by atoms with Crippen molar-refractivity contribution in [3.8, 4) is 0 Å². The average Bonchev–Trinajstić information content (AvgIpc) is 3.61. The van der Waals surface area contributed by atoms with E-state index < -0.39 is 36.3 Å². The van der Waals surface area contributed by atoms with E-state index in [0.717, 1.165) is 19.3 Å². The summed E-state index contributed by atoms with van der Waals surface area (Å²) in [6, 6.07) is 3.21. The molecule has 5 unspecified atom stereocenters. The quantitative estimate of drug-likeness (QED) is 0.432. The number of likely N-dealkylation sites (tertiary alicyclic amines) is 1. The summed E-state index contributed by atoms with van der Waals surface area (Å²) in [4.78, 5) is 56.4. The fourth-order valence-electron chi connectivity index (χ4n) is 6.07. The second kappa shape index (κ2) is 10.0. The number of aromatic nitrogens is 1. The van der Waals surface area contributed by atoms with Crippen LogP contribution in [0.2, 0.25) is 10.0 Å². The van der Waals surface area contributed by atoms with Gasteiger partial charge in [-0.15, -0.1) is 0 Å². The number of aliphatic hydroxyl groups excluding tert-OH is 1. The van der Waals surface area contributed by atoms with E-state index in [1.165, 1.54) is 0 Å². The molecule has 2 saturated heterocycles. The van der Waals surface area contributed by atoms with Crippen LogP contribution in [0.5, 0.6) is 0 Å². The first-order chi connectivity index (χ1) is 17.3. The van der Waals surface area contributed by atoms with Gasteiger partial charge >= 0.3 is 0 Å².